The third kappa shape index (κ3) is 5.38. The number of anilines is 2. The second-order valence-electron chi connectivity index (χ2n) is 7.22. The highest BCUT2D eigenvalue weighted by molar-refractivity contribution is 8.00. The summed E-state index contributed by atoms with van der Waals surface area (Å²) < 4.78 is 13.7. The summed E-state index contributed by atoms with van der Waals surface area (Å²) in [5.74, 6) is -1.27. The SMILES string of the molecule is CC(=O)Nc1c(C)cc(C)cc1-c1nnc(S[C@H](C)C(=O)Nc2ccccc2F)[nH]c1=O. The van der Waals surface area contributed by atoms with Crippen LogP contribution in [-0.2, 0) is 9.59 Å². The van der Waals surface area contributed by atoms with E-state index >= 15 is 0 Å². The average molecular weight is 456 g/mol. The van der Waals surface area contributed by atoms with E-state index in [1.54, 1.807) is 19.1 Å². The molecule has 0 spiro atoms. The van der Waals surface area contributed by atoms with E-state index in [9.17, 15) is 18.8 Å². The number of thioether (sulfide) groups is 1. The second-order valence-corrected chi connectivity index (χ2v) is 8.55. The lowest BCUT2D eigenvalue weighted by Gasteiger charge is -2.14. The van der Waals surface area contributed by atoms with E-state index in [0.717, 1.165) is 22.9 Å². The first-order chi connectivity index (χ1) is 15.2. The second kappa shape index (κ2) is 9.73. The van der Waals surface area contributed by atoms with Crippen molar-refractivity contribution < 1.29 is 14.0 Å². The van der Waals surface area contributed by atoms with Gasteiger partial charge in [0.25, 0.3) is 5.56 Å². The average Bonchev–Trinajstić information content (AvgIpc) is 2.71. The van der Waals surface area contributed by atoms with Crippen LogP contribution in [0, 0.1) is 19.7 Å². The van der Waals surface area contributed by atoms with E-state index in [2.05, 4.69) is 25.8 Å². The van der Waals surface area contributed by atoms with Gasteiger partial charge >= 0.3 is 0 Å². The molecule has 0 aliphatic carbocycles. The van der Waals surface area contributed by atoms with Gasteiger partial charge in [0.2, 0.25) is 11.8 Å². The van der Waals surface area contributed by atoms with E-state index in [1.165, 1.54) is 25.1 Å². The number of hydrogen-bond acceptors (Lipinski definition) is 6. The molecule has 166 valence electrons. The molecule has 3 aromatic rings. The van der Waals surface area contributed by atoms with Crippen LogP contribution >= 0.6 is 11.8 Å². The minimum Gasteiger partial charge on any atom is -0.325 e. The fourth-order valence-electron chi connectivity index (χ4n) is 3.07. The number of benzene rings is 2. The highest BCUT2D eigenvalue weighted by Crippen LogP contribution is 2.30. The number of H-pyrrole nitrogens is 1. The predicted molar refractivity (Wildman–Crippen MR) is 122 cm³/mol. The molecule has 0 radical (unpaired) electrons. The third-order valence-electron chi connectivity index (χ3n) is 4.50. The number of aromatic amines is 1. The molecular formula is C22H22FN5O3S. The molecule has 0 saturated heterocycles. The van der Waals surface area contributed by atoms with Gasteiger partial charge in [-0.2, -0.15) is 0 Å². The minimum atomic E-state index is -0.679. The van der Waals surface area contributed by atoms with Crippen molar-refractivity contribution in [2.24, 2.45) is 0 Å². The maximum Gasteiger partial charge on any atom is 0.278 e. The highest BCUT2D eigenvalue weighted by atomic mass is 32.2. The van der Waals surface area contributed by atoms with Crippen molar-refractivity contribution in [1.29, 1.82) is 0 Å². The number of amides is 2. The van der Waals surface area contributed by atoms with E-state index in [4.69, 9.17) is 0 Å². The lowest BCUT2D eigenvalue weighted by molar-refractivity contribution is -0.115. The summed E-state index contributed by atoms with van der Waals surface area (Å²) in [7, 11) is 0. The van der Waals surface area contributed by atoms with Crippen LogP contribution in [0.1, 0.15) is 25.0 Å². The molecule has 1 atom stereocenters. The lowest BCUT2D eigenvalue weighted by Crippen LogP contribution is -2.24. The number of rotatable bonds is 6. The number of halogens is 1. The maximum absolute atomic E-state index is 13.7. The summed E-state index contributed by atoms with van der Waals surface area (Å²) in [5, 5.41) is 12.8. The summed E-state index contributed by atoms with van der Waals surface area (Å²) in [5.41, 5.74) is 2.22. The van der Waals surface area contributed by atoms with Crippen LogP contribution in [0.15, 0.2) is 46.3 Å². The standard InChI is InChI=1S/C22H22FN5O3S/c1-11-9-12(2)18(24-14(4)29)15(10-11)19-21(31)26-22(28-27-19)32-13(3)20(30)25-17-8-6-5-7-16(17)23/h5-10,13H,1-4H3,(H,24,29)(H,25,30)(H,26,28,31)/t13-/m1/s1. The third-order valence-corrected chi connectivity index (χ3v) is 5.48. The largest absolute Gasteiger partial charge is 0.325 e. The van der Waals surface area contributed by atoms with Crippen molar-refractivity contribution in [3.63, 3.8) is 0 Å². The summed E-state index contributed by atoms with van der Waals surface area (Å²) in [4.78, 5) is 39.4. The summed E-state index contributed by atoms with van der Waals surface area (Å²) in [6.07, 6.45) is 0. The molecule has 0 saturated carbocycles. The van der Waals surface area contributed by atoms with Crippen LogP contribution in [0.25, 0.3) is 11.3 Å². The molecule has 3 N–H and O–H groups in total. The monoisotopic (exact) mass is 455 g/mol. The molecule has 0 bridgehead atoms. The maximum atomic E-state index is 13.7. The number of carbonyl (C=O) groups excluding carboxylic acids is 2. The first-order valence-electron chi connectivity index (χ1n) is 9.74. The zero-order valence-electron chi connectivity index (χ0n) is 17.9. The number of nitrogens with one attached hydrogen (secondary N) is 3. The summed E-state index contributed by atoms with van der Waals surface area (Å²) >= 11 is 0.983. The van der Waals surface area contributed by atoms with Gasteiger partial charge in [-0.25, -0.2) is 4.39 Å². The Morgan fingerprint density at radius 1 is 1.12 bits per heavy atom. The fraction of sp³-hybridized carbons (Fsp3) is 0.227. The van der Waals surface area contributed by atoms with Gasteiger partial charge in [0.15, 0.2) is 10.9 Å². The number of hydrogen-bond donors (Lipinski definition) is 3. The predicted octanol–water partition coefficient (Wildman–Crippen LogP) is 3.67. The zero-order valence-corrected chi connectivity index (χ0v) is 18.8. The first kappa shape index (κ1) is 23.1. The molecule has 0 fully saturated rings. The van der Waals surface area contributed by atoms with Gasteiger partial charge in [-0.15, -0.1) is 10.2 Å². The summed E-state index contributed by atoms with van der Waals surface area (Å²) in [6.45, 7) is 6.68. The van der Waals surface area contributed by atoms with Gasteiger partial charge in [0.1, 0.15) is 5.82 Å². The normalized spacial score (nSPS) is 11.7. The van der Waals surface area contributed by atoms with Crippen LogP contribution < -0.4 is 16.2 Å². The van der Waals surface area contributed by atoms with E-state index in [-0.39, 0.29) is 22.4 Å². The van der Waals surface area contributed by atoms with Crippen LogP contribution in [0.5, 0.6) is 0 Å². The molecule has 8 nitrogen and oxygen atoms in total. The lowest BCUT2D eigenvalue weighted by atomic mass is 10.0. The molecule has 1 aromatic heterocycles. The van der Waals surface area contributed by atoms with E-state index in [1.807, 2.05) is 19.9 Å². The molecule has 0 aliphatic rings. The van der Waals surface area contributed by atoms with Crippen molar-refractivity contribution in [2.75, 3.05) is 10.6 Å². The Morgan fingerprint density at radius 2 is 1.84 bits per heavy atom. The molecule has 10 heteroatoms. The van der Waals surface area contributed by atoms with Gasteiger partial charge in [-0.1, -0.05) is 35.5 Å². The van der Waals surface area contributed by atoms with Crippen molar-refractivity contribution in [3.8, 4) is 11.3 Å². The van der Waals surface area contributed by atoms with Crippen molar-refractivity contribution in [3.05, 3.63) is 63.7 Å². The Bertz CT molecular complexity index is 1240. The molecule has 2 aromatic carbocycles. The topological polar surface area (TPSA) is 117 Å². The molecule has 2 amide bonds. The first-order valence-corrected chi connectivity index (χ1v) is 10.6. The van der Waals surface area contributed by atoms with Crippen LogP contribution in [-0.4, -0.2) is 32.2 Å². The van der Waals surface area contributed by atoms with Gasteiger partial charge < -0.3 is 10.6 Å². The highest BCUT2D eigenvalue weighted by Gasteiger charge is 2.20. The molecule has 1 heterocycles. The van der Waals surface area contributed by atoms with Crippen LogP contribution in [0.2, 0.25) is 0 Å². The van der Waals surface area contributed by atoms with Crippen LogP contribution in [0.3, 0.4) is 0 Å². The quantitative estimate of drug-likeness (QED) is 0.489. The van der Waals surface area contributed by atoms with Gasteiger partial charge in [-0.05, 0) is 44.5 Å². The fourth-order valence-corrected chi connectivity index (χ4v) is 3.81. The van der Waals surface area contributed by atoms with E-state index < -0.39 is 22.5 Å². The molecular weight excluding hydrogens is 433 g/mol. The van der Waals surface area contributed by atoms with Crippen molar-refractivity contribution in [2.45, 2.75) is 38.1 Å². The van der Waals surface area contributed by atoms with Crippen molar-refractivity contribution >= 4 is 35.0 Å². The van der Waals surface area contributed by atoms with Gasteiger partial charge in [0.05, 0.1) is 16.6 Å². The Balaban J connectivity index is 1.83. The number of nitrogens with zero attached hydrogens (tertiary/aromatic N) is 2. The Morgan fingerprint density at radius 3 is 2.50 bits per heavy atom. The van der Waals surface area contributed by atoms with Gasteiger partial charge in [0, 0.05) is 12.5 Å². The molecule has 3 rings (SSSR count). The van der Waals surface area contributed by atoms with Crippen LogP contribution in [0.4, 0.5) is 15.8 Å². The number of carbonyl (C=O) groups is 2. The number of para-hydroxylation sites is 1. The Hall–Kier alpha value is -3.53. The Labute approximate surface area is 188 Å². The van der Waals surface area contributed by atoms with Gasteiger partial charge in [-0.3, -0.25) is 19.4 Å². The minimum absolute atomic E-state index is 0.0494. The van der Waals surface area contributed by atoms with Crippen molar-refractivity contribution in [1.82, 2.24) is 15.2 Å². The zero-order chi connectivity index (χ0) is 23.4. The Kier molecular flexibility index (Phi) is 7.04. The smallest absolute Gasteiger partial charge is 0.278 e. The molecule has 0 aliphatic heterocycles. The summed E-state index contributed by atoms with van der Waals surface area (Å²) in [6, 6.07) is 9.47. The molecule has 32 heavy (non-hydrogen) atoms. The number of aromatic nitrogens is 3. The van der Waals surface area contributed by atoms with E-state index in [0.29, 0.717) is 11.3 Å². The molecule has 0 unspecified atom stereocenters. The number of aryl methyl sites for hydroxylation is 2.